The molecule has 0 saturated carbocycles. The average molecular weight is 582 g/mol. The molecule has 2 atom stereocenters. The standard InChI is InChI=1S/C38H51N3O2/c1-35(2,3)32-22-21-29(41(32)38(10,11)12)34(31-18-15-25-43-31)28-20-19-27(40(28)37(7,8)9)33(30-17-14-24-42-30)26-16-13-23-39(26)36(4,5)6/h13-25,33-34H,1-12H3. The summed E-state index contributed by atoms with van der Waals surface area (Å²) in [5.41, 5.74) is 5.70. The van der Waals surface area contributed by atoms with Gasteiger partial charge in [0.2, 0.25) is 0 Å². The lowest BCUT2D eigenvalue weighted by Crippen LogP contribution is -2.33. The Labute approximate surface area is 258 Å². The van der Waals surface area contributed by atoms with Crippen molar-refractivity contribution < 1.29 is 8.83 Å². The molecule has 5 rings (SSSR count). The average Bonchev–Trinajstić information content (AvgIpc) is 3.69. The maximum Gasteiger partial charge on any atom is 0.118 e. The van der Waals surface area contributed by atoms with E-state index in [1.54, 1.807) is 12.5 Å². The van der Waals surface area contributed by atoms with Gasteiger partial charge in [0.15, 0.2) is 0 Å². The molecule has 5 aromatic heterocycles. The van der Waals surface area contributed by atoms with Crippen LogP contribution in [0, 0.1) is 0 Å². The fraction of sp³-hybridized carbons (Fsp3) is 0.474. The molecular formula is C38H51N3O2. The van der Waals surface area contributed by atoms with E-state index in [-0.39, 0.29) is 33.9 Å². The van der Waals surface area contributed by atoms with Crippen LogP contribution in [0.4, 0.5) is 0 Å². The largest absolute Gasteiger partial charge is 0.468 e. The zero-order chi connectivity index (χ0) is 31.5. The van der Waals surface area contributed by atoms with Gasteiger partial charge in [-0.15, -0.1) is 0 Å². The number of furan rings is 2. The third kappa shape index (κ3) is 5.71. The first kappa shape index (κ1) is 30.8. The number of nitrogens with zero attached hydrogens (tertiary/aromatic N) is 3. The van der Waals surface area contributed by atoms with E-state index in [1.165, 1.54) is 28.5 Å². The maximum atomic E-state index is 6.26. The van der Waals surface area contributed by atoms with E-state index in [0.717, 1.165) is 11.5 Å². The lowest BCUT2D eigenvalue weighted by molar-refractivity contribution is 0.332. The topological polar surface area (TPSA) is 41.1 Å². The Morgan fingerprint density at radius 3 is 1.37 bits per heavy atom. The molecule has 230 valence electrons. The molecule has 5 nitrogen and oxygen atoms in total. The summed E-state index contributed by atoms with van der Waals surface area (Å²) >= 11 is 0. The number of hydrogen-bond donors (Lipinski definition) is 0. The van der Waals surface area contributed by atoms with Gasteiger partial charge in [0, 0.05) is 56.7 Å². The van der Waals surface area contributed by atoms with Gasteiger partial charge in [0.05, 0.1) is 24.4 Å². The summed E-state index contributed by atoms with van der Waals surface area (Å²) in [6.45, 7) is 27.4. The van der Waals surface area contributed by atoms with E-state index in [0.29, 0.717) is 0 Å². The van der Waals surface area contributed by atoms with E-state index in [4.69, 9.17) is 8.83 Å². The highest BCUT2D eigenvalue weighted by molar-refractivity contribution is 5.44. The van der Waals surface area contributed by atoms with E-state index in [1.807, 2.05) is 12.1 Å². The second-order valence-corrected chi connectivity index (χ2v) is 16.0. The fourth-order valence-electron chi connectivity index (χ4n) is 6.74. The predicted molar refractivity (Wildman–Crippen MR) is 176 cm³/mol. The summed E-state index contributed by atoms with van der Waals surface area (Å²) in [6.07, 6.45) is 5.77. The number of rotatable bonds is 6. The van der Waals surface area contributed by atoms with Crippen molar-refractivity contribution in [2.24, 2.45) is 0 Å². The van der Waals surface area contributed by atoms with Crippen LogP contribution in [-0.2, 0) is 22.0 Å². The van der Waals surface area contributed by atoms with Crippen LogP contribution in [-0.4, -0.2) is 13.7 Å². The molecule has 5 aromatic rings. The van der Waals surface area contributed by atoms with E-state index in [2.05, 4.69) is 152 Å². The van der Waals surface area contributed by atoms with Gasteiger partial charge in [-0.3, -0.25) is 0 Å². The Morgan fingerprint density at radius 1 is 0.488 bits per heavy atom. The Morgan fingerprint density at radius 2 is 0.953 bits per heavy atom. The first-order chi connectivity index (χ1) is 19.9. The van der Waals surface area contributed by atoms with Gasteiger partial charge in [0.1, 0.15) is 11.5 Å². The second-order valence-electron chi connectivity index (χ2n) is 16.0. The van der Waals surface area contributed by atoms with Gasteiger partial charge in [-0.2, -0.15) is 0 Å². The van der Waals surface area contributed by atoms with E-state index < -0.39 is 0 Å². The van der Waals surface area contributed by atoms with Crippen molar-refractivity contribution in [3.8, 4) is 0 Å². The molecule has 0 fully saturated rings. The molecule has 5 heteroatoms. The van der Waals surface area contributed by atoms with Gasteiger partial charge >= 0.3 is 0 Å². The normalized spacial score (nSPS) is 14.8. The Bertz CT molecular complexity index is 1640. The molecule has 0 bridgehead atoms. The SMILES string of the molecule is CC(C)(C)c1ccc(C(c2ccco2)c2ccc(C(c3ccco3)c3cccn3C(C)(C)C)n2C(C)(C)C)n1C(C)(C)C. The van der Waals surface area contributed by atoms with Crippen molar-refractivity contribution in [2.45, 2.75) is 117 Å². The zero-order valence-corrected chi connectivity index (χ0v) is 28.3. The fourth-order valence-corrected chi connectivity index (χ4v) is 6.74. The molecular weight excluding hydrogens is 530 g/mol. The van der Waals surface area contributed by atoms with Crippen molar-refractivity contribution in [1.29, 1.82) is 0 Å². The monoisotopic (exact) mass is 581 g/mol. The van der Waals surface area contributed by atoms with Crippen molar-refractivity contribution >= 4 is 0 Å². The van der Waals surface area contributed by atoms with Crippen molar-refractivity contribution in [3.05, 3.63) is 119 Å². The van der Waals surface area contributed by atoms with Crippen LogP contribution in [0.1, 0.15) is 135 Å². The first-order valence-corrected chi connectivity index (χ1v) is 15.6. The minimum atomic E-state index is -0.227. The molecule has 0 radical (unpaired) electrons. The molecule has 2 unspecified atom stereocenters. The summed E-state index contributed by atoms with van der Waals surface area (Å²) in [5.74, 6) is 1.67. The minimum absolute atomic E-state index is 0.0147. The molecule has 5 heterocycles. The molecule has 0 amide bonds. The Balaban J connectivity index is 1.83. The minimum Gasteiger partial charge on any atom is -0.468 e. The molecule has 43 heavy (non-hydrogen) atoms. The van der Waals surface area contributed by atoms with Crippen LogP contribution < -0.4 is 0 Å². The highest BCUT2D eigenvalue weighted by Gasteiger charge is 2.38. The Hall–Kier alpha value is -3.60. The third-order valence-electron chi connectivity index (χ3n) is 8.30. The predicted octanol–water partition coefficient (Wildman–Crippen LogP) is 10.2. The smallest absolute Gasteiger partial charge is 0.118 e. The summed E-state index contributed by atoms with van der Waals surface area (Å²) in [7, 11) is 0. The summed E-state index contributed by atoms with van der Waals surface area (Å²) in [5, 5.41) is 0. The highest BCUT2D eigenvalue weighted by atomic mass is 16.3. The van der Waals surface area contributed by atoms with E-state index in [9.17, 15) is 0 Å². The highest BCUT2D eigenvalue weighted by Crippen LogP contribution is 2.44. The van der Waals surface area contributed by atoms with Crippen LogP contribution in [0.5, 0.6) is 0 Å². The molecule has 0 saturated heterocycles. The molecule has 0 spiro atoms. The van der Waals surface area contributed by atoms with Crippen molar-refractivity contribution in [3.63, 3.8) is 0 Å². The number of hydrogen-bond acceptors (Lipinski definition) is 2. The maximum absolute atomic E-state index is 6.26. The van der Waals surface area contributed by atoms with Crippen LogP contribution >= 0.6 is 0 Å². The third-order valence-corrected chi connectivity index (χ3v) is 8.30. The van der Waals surface area contributed by atoms with Crippen molar-refractivity contribution in [2.75, 3.05) is 0 Å². The van der Waals surface area contributed by atoms with Crippen LogP contribution in [0.25, 0.3) is 0 Å². The van der Waals surface area contributed by atoms with Crippen molar-refractivity contribution in [1.82, 2.24) is 13.7 Å². The van der Waals surface area contributed by atoms with Gasteiger partial charge in [-0.25, -0.2) is 0 Å². The number of aromatic nitrogens is 3. The summed E-state index contributed by atoms with van der Waals surface area (Å²) < 4.78 is 19.9. The summed E-state index contributed by atoms with van der Waals surface area (Å²) in [4.78, 5) is 0. The van der Waals surface area contributed by atoms with Crippen LogP contribution in [0.15, 0.2) is 88.2 Å². The van der Waals surface area contributed by atoms with Gasteiger partial charge in [-0.1, -0.05) is 20.8 Å². The quantitative estimate of drug-likeness (QED) is 0.200. The second kappa shape index (κ2) is 10.5. The molecule has 0 aliphatic carbocycles. The van der Waals surface area contributed by atoms with Gasteiger partial charge < -0.3 is 22.5 Å². The molecule has 0 aliphatic rings. The first-order valence-electron chi connectivity index (χ1n) is 15.6. The Kier molecular flexibility index (Phi) is 7.56. The van der Waals surface area contributed by atoms with Crippen LogP contribution in [0.2, 0.25) is 0 Å². The summed E-state index contributed by atoms with van der Waals surface area (Å²) in [6, 6.07) is 21.9. The van der Waals surface area contributed by atoms with E-state index >= 15 is 0 Å². The molecule has 0 aromatic carbocycles. The van der Waals surface area contributed by atoms with Gasteiger partial charge in [-0.05, 0) is 123 Å². The zero-order valence-electron chi connectivity index (χ0n) is 28.3. The van der Waals surface area contributed by atoms with Gasteiger partial charge in [0.25, 0.3) is 0 Å². The lowest BCUT2D eigenvalue weighted by Gasteiger charge is -2.36. The lowest BCUT2D eigenvalue weighted by atomic mass is 9.90. The molecule has 0 N–H and O–H groups in total. The van der Waals surface area contributed by atoms with Crippen LogP contribution in [0.3, 0.4) is 0 Å². The molecule has 0 aliphatic heterocycles.